The number of aryl methyl sites for hydroxylation is 1. The van der Waals surface area contributed by atoms with Crippen LogP contribution in [0.4, 0.5) is 5.82 Å². The maximum atomic E-state index is 6.40. The van der Waals surface area contributed by atoms with Crippen molar-refractivity contribution in [2.45, 2.75) is 55.0 Å². The second kappa shape index (κ2) is 7.78. The first kappa shape index (κ1) is 19.3. The summed E-state index contributed by atoms with van der Waals surface area (Å²) >= 11 is 13.9. The van der Waals surface area contributed by atoms with Gasteiger partial charge in [-0.1, -0.05) is 47.5 Å². The number of piperidine rings is 1. The minimum Gasteiger partial charge on any atom is -0.355 e. The Morgan fingerprint density at radius 3 is 2.67 bits per heavy atom. The van der Waals surface area contributed by atoms with E-state index in [1.807, 2.05) is 25.3 Å². The van der Waals surface area contributed by atoms with E-state index in [-0.39, 0.29) is 0 Å². The molecule has 1 aliphatic heterocycles. The second-order valence-electron chi connectivity index (χ2n) is 7.62. The smallest absolute Gasteiger partial charge is 0.147 e. The normalized spacial score (nSPS) is 21.8. The third kappa shape index (κ3) is 3.80. The van der Waals surface area contributed by atoms with E-state index in [4.69, 9.17) is 33.9 Å². The highest BCUT2D eigenvalue weighted by Crippen LogP contribution is 2.46. The fourth-order valence-electron chi connectivity index (χ4n) is 4.35. The van der Waals surface area contributed by atoms with E-state index in [1.165, 1.54) is 31.0 Å². The molecule has 1 saturated carbocycles. The summed E-state index contributed by atoms with van der Waals surface area (Å²) < 4.78 is 0. The maximum absolute atomic E-state index is 6.40. The van der Waals surface area contributed by atoms with Gasteiger partial charge in [0.05, 0.1) is 21.9 Å². The van der Waals surface area contributed by atoms with Crippen LogP contribution in [0.25, 0.3) is 0 Å². The van der Waals surface area contributed by atoms with Crippen LogP contribution >= 0.6 is 35.0 Å². The predicted octanol–water partition coefficient (Wildman–Crippen LogP) is 5.34. The van der Waals surface area contributed by atoms with E-state index in [1.54, 1.807) is 6.07 Å². The number of rotatable bonds is 3. The molecule has 1 aromatic heterocycles. The zero-order valence-corrected chi connectivity index (χ0v) is 17.7. The lowest BCUT2D eigenvalue weighted by atomic mass is 9.74. The van der Waals surface area contributed by atoms with Crippen LogP contribution in [0.15, 0.2) is 34.3 Å². The van der Waals surface area contributed by atoms with Crippen molar-refractivity contribution < 1.29 is 0 Å². The predicted molar refractivity (Wildman–Crippen MR) is 113 cm³/mol. The van der Waals surface area contributed by atoms with Gasteiger partial charge < -0.3 is 10.6 Å². The molecular weight excluding hydrogens is 399 g/mol. The van der Waals surface area contributed by atoms with E-state index < -0.39 is 0 Å². The first-order valence-electron chi connectivity index (χ1n) is 9.44. The molecule has 144 valence electrons. The zero-order valence-electron chi connectivity index (χ0n) is 15.4. The molecule has 1 saturated heterocycles. The molecule has 7 heteroatoms. The van der Waals surface area contributed by atoms with E-state index in [0.29, 0.717) is 21.5 Å². The van der Waals surface area contributed by atoms with Gasteiger partial charge in [-0.2, -0.15) is 0 Å². The number of hydrogen-bond donors (Lipinski definition) is 1. The van der Waals surface area contributed by atoms with Crippen molar-refractivity contribution in [1.82, 2.24) is 9.97 Å². The highest BCUT2D eigenvalue weighted by molar-refractivity contribution is 7.99. The number of benzene rings is 1. The number of nitrogens with zero attached hydrogens (tertiary/aromatic N) is 3. The molecular formula is C20H24Cl2N4S. The summed E-state index contributed by atoms with van der Waals surface area (Å²) in [6, 6.07) is 6.00. The van der Waals surface area contributed by atoms with Gasteiger partial charge in [0.25, 0.3) is 0 Å². The molecule has 2 aliphatic rings. The molecule has 1 atom stereocenters. The summed E-state index contributed by atoms with van der Waals surface area (Å²) in [5.74, 6) is 0.954. The van der Waals surface area contributed by atoms with Gasteiger partial charge in [0.15, 0.2) is 0 Å². The Hall–Kier alpha value is -1.01. The average molecular weight is 423 g/mol. The quantitative estimate of drug-likeness (QED) is 0.722. The summed E-state index contributed by atoms with van der Waals surface area (Å²) in [4.78, 5) is 12.7. The molecule has 2 heterocycles. The Balaban J connectivity index is 1.47. The number of hydrogen-bond acceptors (Lipinski definition) is 5. The van der Waals surface area contributed by atoms with Crippen LogP contribution in [0, 0.1) is 12.3 Å². The molecule has 2 aromatic rings. The minimum absolute atomic E-state index is 0.359. The molecule has 2 fully saturated rings. The Morgan fingerprint density at radius 2 is 2.00 bits per heavy atom. The molecule has 4 rings (SSSR count). The van der Waals surface area contributed by atoms with Gasteiger partial charge in [0, 0.05) is 24.0 Å². The third-order valence-electron chi connectivity index (χ3n) is 6.07. The van der Waals surface area contributed by atoms with Crippen molar-refractivity contribution in [3.8, 4) is 0 Å². The Kier molecular flexibility index (Phi) is 5.57. The maximum Gasteiger partial charge on any atom is 0.147 e. The van der Waals surface area contributed by atoms with E-state index >= 15 is 0 Å². The van der Waals surface area contributed by atoms with Crippen LogP contribution in [0.5, 0.6) is 0 Å². The average Bonchev–Trinajstić information content (AvgIpc) is 3.01. The van der Waals surface area contributed by atoms with Gasteiger partial charge in [-0.3, -0.25) is 0 Å². The van der Waals surface area contributed by atoms with Gasteiger partial charge in [-0.15, -0.1) is 0 Å². The van der Waals surface area contributed by atoms with E-state index in [2.05, 4.69) is 9.88 Å². The first-order chi connectivity index (χ1) is 13.0. The molecule has 1 aromatic carbocycles. The molecule has 0 radical (unpaired) electrons. The van der Waals surface area contributed by atoms with Crippen LogP contribution in [-0.4, -0.2) is 29.1 Å². The Labute approximate surface area is 174 Å². The Morgan fingerprint density at radius 1 is 1.22 bits per heavy atom. The van der Waals surface area contributed by atoms with Gasteiger partial charge in [0.2, 0.25) is 0 Å². The van der Waals surface area contributed by atoms with E-state index in [9.17, 15) is 0 Å². The van der Waals surface area contributed by atoms with Crippen LogP contribution in [0.3, 0.4) is 0 Å². The molecule has 2 N–H and O–H groups in total. The van der Waals surface area contributed by atoms with Crippen molar-refractivity contribution in [3.05, 3.63) is 40.1 Å². The number of anilines is 1. The lowest BCUT2D eigenvalue weighted by Crippen LogP contribution is -2.47. The summed E-state index contributed by atoms with van der Waals surface area (Å²) in [6.07, 6.45) is 7.92. The summed E-state index contributed by atoms with van der Waals surface area (Å²) in [6.45, 7) is 4.01. The molecule has 27 heavy (non-hydrogen) atoms. The number of aromatic nitrogens is 2. The summed E-state index contributed by atoms with van der Waals surface area (Å²) in [7, 11) is 0. The summed E-state index contributed by atoms with van der Waals surface area (Å²) in [5.41, 5.74) is 7.67. The zero-order chi connectivity index (χ0) is 19.0. The third-order valence-corrected chi connectivity index (χ3v) is 8.16. The van der Waals surface area contributed by atoms with Crippen molar-refractivity contribution in [1.29, 1.82) is 0 Å². The van der Waals surface area contributed by atoms with Crippen molar-refractivity contribution in [3.63, 3.8) is 0 Å². The second-order valence-corrected chi connectivity index (χ2v) is 9.44. The molecule has 0 amide bonds. The van der Waals surface area contributed by atoms with Crippen LogP contribution in [0.1, 0.15) is 37.8 Å². The fraction of sp³-hybridized carbons (Fsp3) is 0.500. The van der Waals surface area contributed by atoms with Crippen molar-refractivity contribution >= 4 is 40.8 Å². The summed E-state index contributed by atoms with van der Waals surface area (Å²) in [5, 5.41) is 1.97. The first-order valence-corrected chi connectivity index (χ1v) is 11.0. The number of halogens is 2. The van der Waals surface area contributed by atoms with Crippen molar-refractivity contribution in [2.75, 3.05) is 18.0 Å². The molecule has 0 bridgehead atoms. The largest absolute Gasteiger partial charge is 0.355 e. The van der Waals surface area contributed by atoms with Crippen LogP contribution in [0.2, 0.25) is 10.0 Å². The topological polar surface area (TPSA) is 55.0 Å². The van der Waals surface area contributed by atoms with Gasteiger partial charge in [-0.05, 0) is 50.2 Å². The Bertz CT molecular complexity index is 837. The highest BCUT2D eigenvalue weighted by Gasteiger charge is 2.43. The monoisotopic (exact) mass is 422 g/mol. The lowest BCUT2D eigenvalue weighted by Gasteiger charge is -2.42. The van der Waals surface area contributed by atoms with Crippen molar-refractivity contribution in [2.24, 2.45) is 11.1 Å². The van der Waals surface area contributed by atoms with Gasteiger partial charge in [0.1, 0.15) is 10.8 Å². The van der Waals surface area contributed by atoms with E-state index in [0.717, 1.165) is 47.4 Å². The molecule has 1 aliphatic carbocycles. The standard InChI is InChI=1S/C20H24Cl2N4S/c1-13-19(27-15-5-2-4-14(21)18(15)22)24-12-17(25-13)26-10-8-20(9-11-26)7-3-6-16(20)23/h2,4-5,12,16H,3,6-11,23H2,1H3. The molecule has 4 nitrogen and oxygen atoms in total. The number of nitrogens with two attached hydrogens (primary N) is 1. The lowest BCUT2D eigenvalue weighted by molar-refractivity contribution is 0.197. The van der Waals surface area contributed by atoms with Gasteiger partial charge >= 0.3 is 0 Å². The fourth-order valence-corrected chi connectivity index (χ4v) is 5.67. The van der Waals surface area contributed by atoms with Crippen LogP contribution in [-0.2, 0) is 0 Å². The SMILES string of the molecule is Cc1nc(N2CCC3(CCCC3N)CC2)cnc1Sc1cccc(Cl)c1Cl. The van der Waals surface area contributed by atoms with Crippen LogP contribution < -0.4 is 10.6 Å². The molecule has 1 spiro atoms. The highest BCUT2D eigenvalue weighted by atomic mass is 35.5. The minimum atomic E-state index is 0.359. The molecule has 1 unspecified atom stereocenters. The van der Waals surface area contributed by atoms with Gasteiger partial charge in [-0.25, -0.2) is 9.97 Å².